The van der Waals surface area contributed by atoms with Crippen molar-refractivity contribution in [1.29, 1.82) is 0 Å². The summed E-state index contributed by atoms with van der Waals surface area (Å²) in [6.07, 6.45) is 1.93. The first kappa shape index (κ1) is 15.1. The Morgan fingerprint density at radius 2 is 1.83 bits per heavy atom. The van der Waals surface area contributed by atoms with Gasteiger partial charge in [0.2, 0.25) is 0 Å². The average molecular weight is 321 g/mol. The van der Waals surface area contributed by atoms with E-state index in [4.69, 9.17) is 0 Å². The number of aldehydes is 1. The van der Waals surface area contributed by atoms with Crippen LogP contribution in [0.2, 0.25) is 0 Å². The lowest BCUT2D eigenvalue weighted by atomic mass is 9.62. The SMILES string of the molecule is CC1(C)Cc2c([nH]c3ccccc23)[C@H](c2ccc(F)cc2)[C@H]1C=O. The predicted octanol–water partition coefficient (Wildman–Crippen LogP) is 4.84. The summed E-state index contributed by atoms with van der Waals surface area (Å²) in [5.41, 5.74) is 4.30. The van der Waals surface area contributed by atoms with E-state index in [1.54, 1.807) is 12.1 Å². The van der Waals surface area contributed by atoms with Gasteiger partial charge in [0.1, 0.15) is 12.1 Å². The van der Waals surface area contributed by atoms with Crippen molar-refractivity contribution < 1.29 is 9.18 Å². The smallest absolute Gasteiger partial charge is 0.124 e. The highest BCUT2D eigenvalue weighted by atomic mass is 19.1. The Morgan fingerprint density at radius 3 is 2.54 bits per heavy atom. The van der Waals surface area contributed by atoms with Crippen LogP contribution in [0.3, 0.4) is 0 Å². The van der Waals surface area contributed by atoms with Gasteiger partial charge in [-0.05, 0) is 41.2 Å². The number of halogens is 1. The maximum absolute atomic E-state index is 13.4. The third-order valence-electron chi connectivity index (χ3n) is 5.43. The van der Waals surface area contributed by atoms with Crippen LogP contribution in [0.4, 0.5) is 4.39 Å². The van der Waals surface area contributed by atoms with Gasteiger partial charge in [-0.25, -0.2) is 4.39 Å². The summed E-state index contributed by atoms with van der Waals surface area (Å²) >= 11 is 0. The molecule has 2 aromatic carbocycles. The highest BCUT2D eigenvalue weighted by Crippen LogP contribution is 2.50. The van der Waals surface area contributed by atoms with Gasteiger partial charge in [0.15, 0.2) is 0 Å². The van der Waals surface area contributed by atoms with Crippen molar-refractivity contribution in [3.05, 3.63) is 71.2 Å². The summed E-state index contributed by atoms with van der Waals surface area (Å²) in [5.74, 6) is -0.480. The number of aromatic nitrogens is 1. The van der Waals surface area contributed by atoms with E-state index >= 15 is 0 Å². The summed E-state index contributed by atoms with van der Waals surface area (Å²) in [5, 5.41) is 1.22. The molecule has 0 radical (unpaired) electrons. The first-order valence-electron chi connectivity index (χ1n) is 8.31. The standard InChI is InChI=1S/C21H20FNO/c1-21(2)11-16-15-5-3-4-6-18(15)23-20(16)19(17(21)12-24)13-7-9-14(22)10-8-13/h3-10,12,17,19,23H,11H2,1-2H3/t17-,19-/m1/s1. The zero-order chi connectivity index (χ0) is 16.9. The lowest BCUT2D eigenvalue weighted by molar-refractivity contribution is -0.115. The molecule has 1 aromatic heterocycles. The van der Waals surface area contributed by atoms with Gasteiger partial charge >= 0.3 is 0 Å². The second-order valence-electron chi connectivity index (χ2n) is 7.42. The molecule has 0 saturated carbocycles. The maximum Gasteiger partial charge on any atom is 0.124 e. The highest BCUT2D eigenvalue weighted by molar-refractivity contribution is 5.86. The van der Waals surface area contributed by atoms with Gasteiger partial charge in [0, 0.05) is 28.4 Å². The van der Waals surface area contributed by atoms with Crippen molar-refractivity contribution in [3.8, 4) is 0 Å². The first-order chi connectivity index (χ1) is 11.5. The molecule has 0 saturated heterocycles. The number of para-hydroxylation sites is 1. The number of carbonyl (C=O) groups is 1. The van der Waals surface area contributed by atoms with E-state index in [2.05, 4.69) is 31.0 Å². The molecule has 1 aliphatic rings. The molecule has 1 heterocycles. The number of aromatic amines is 1. The molecule has 0 bridgehead atoms. The molecule has 0 spiro atoms. The largest absolute Gasteiger partial charge is 0.358 e. The van der Waals surface area contributed by atoms with E-state index in [1.165, 1.54) is 23.1 Å². The van der Waals surface area contributed by atoms with Gasteiger partial charge < -0.3 is 9.78 Å². The molecule has 0 unspecified atom stereocenters. The van der Waals surface area contributed by atoms with Crippen molar-refractivity contribution in [2.75, 3.05) is 0 Å². The molecule has 0 aliphatic heterocycles. The maximum atomic E-state index is 13.4. The van der Waals surface area contributed by atoms with Gasteiger partial charge in [-0.1, -0.05) is 44.2 Å². The van der Waals surface area contributed by atoms with E-state index in [9.17, 15) is 9.18 Å². The molecule has 1 aliphatic carbocycles. The van der Waals surface area contributed by atoms with Crippen LogP contribution in [0.15, 0.2) is 48.5 Å². The minimum atomic E-state index is -0.256. The molecule has 4 rings (SSSR count). The Morgan fingerprint density at radius 1 is 1.12 bits per heavy atom. The monoisotopic (exact) mass is 321 g/mol. The zero-order valence-corrected chi connectivity index (χ0v) is 13.8. The van der Waals surface area contributed by atoms with Crippen LogP contribution in [0, 0.1) is 17.2 Å². The molecule has 2 nitrogen and oxygen atoms in total. The molecular formula is C21H20FNO. The molecular weight excluding hydrogens is 301 g/mol. The topological polar surface area (TPSA) is 32.9 Å². The second kappa shape index (κ2) is 5.30. The van der Waals surface area contributed by atoms with E-state index in [-0.39, 0.29) is 23.1 Å². The third kappa shape index (κ3) is 2.19. The second-order valence-corrected chi connectivity index (χ2v) is 7.42. The van der Waals surface area contributed by atoms with Crippen LogP contribution in [0.25, 0.3) is 10.9 Å². The number of benzene rings is 2. The number of carbonyl (C=O) groups excluding carboxylic acids is 1. The number of H-pyrrole nitrogens is 1. The van der Waals surface area contributed by atoms with Crippen LogP contribution in [0.1, 0.15) is 36.6 Å². The van der Waals surface area contributed by atoms with Gasteiger partial charge in [0.05, 0.1) is 0 Å². The molecule has 122 valence electrons. The van der Waals surface area contributed by atoms with Crippen molar-refractivity contribution in [3.63, 3.8) is 0 Å². The highest BCUT2D eigenvalue weighted by Gasteiger charge is 2.44. The van der Waals surface area contributed by atoms with E-state index in [0.29, 0.717) is 0 Å². The van der Waals surface area contributed by atoms with Gasteiger partial charge in [0.25, 0.3) is 0 Å². The summed E-state index contributed by atoms with van der Waals surface area (Å²) in [4.78, 5) is 15.5. The number of hydrogen-bond acceptors (Lipinski definition) is 1. The summed E-state index contributed by atoms with van der Waals surface area (Å²) in [6, 6.07) is 14.8. The van der Waals surface area contributed by atoms with Crippen molar-refractivity contribution in [2.45, 2.75) is 26.2 Å². The lowest BCUT2D eigenvalue weighted by Crippen LogP contribution is -2.37. The predicted molar refractivity (Wildman–Crippen MR) is 93.6 cm³/mol. The normalized spacial score (nSPS) is 22.3. The van der Waals surface area contributed by atoms with Crippen molar-refractivity contribution >= 4 is 17.2 Å². The Labute approximate surface area is 140 Å². The Balaban J connectivity index is 1.99. The molecule has 3 heteroatoms. The molecule has 24 heavy (non-hydrogen) atoms. The molecule has 1 N–H and O–H groups in total. The fourth-order valence-electron chi connectivity index (χ4n) is 4.19. The Hall–Kier alpha value is -2.42. The number of nitrogens with one attached hydrogen (secondary N) is 1. The zero-order valence-electron chi connectivity index (χ0n) is 13.8. The van der Waals surface area contributed by atoms with Gasteiger partial charge in [-0.3, -0.25) is 0 Å². The van der Waals surface area contributed by atoms with Crippen LogP contribution < -0.4 is 0 Å². The summed E-state index contributed by atoms with van der Waals surface area (Å²) < 4.78 is 13.4. The number of hydrogen-bond donors (Lipinski definition) is 1. The van der Waals surface area contributed by atoms with Crippen molar-refractivity contribution in [2.24, 2.45) is 11.3 Å². The van der Waals surface area contributed by atoms with Gasteiger partial charge in [-0.15, -0.1) is 0 Å². The fourth-order valence-corrected chi connectivity index (χ4v) is 4.19. The summed E-state index contributed by atoms with van der Waals surface area (Å²) in [7, 11) is 0. The number of fused-ring (bicyclic) bond motifs is 3. The molecule has 0 fully saturated rings. The lowest BCUT2D eigenvalue weighted by Gasteiger charge is -2.41. The first-order valence-corrected chi connectivity index (χ1v) is 8.31. The van der Waals surface area contributed by atoms with E-state index < -0.39 is 0 Å². The molecule has 2 atom stereocenters. The van der Waals surface area contributed by atoms with Crippen LogP contribution in [-0.4, -0.2) is 11.3 Å². The minimum Gasteiger partial charge on any atom is -0.358 e. The average Bonchev–Trinajstić information content (AvgIpc) is 2.91. The molecule has 3 aromatic rings. The Bertz CT molecular complexity index is 907. The van der Waals surface area contributed by atoms with Crippen LogP contribution in [-0.2, 0) is 11.2 Å². The van der Waals surface area contributed by atoms with Crippen LogP contribution >= 0.6 is 0 Å². The minimum absolute atomic E-state index is 0.0748. The molecule has 0 amide bonds. The third-order valence-corrected chi connectivity index (χ3v) is 5.43. The van der Waals surface area contributed by atoms with Crippen LogP contribution in [0.5, 0.6) is 0 Å². The fraction of sp³-hybridized carbons (Fsp3) is 0.286. The van der Waals surface area contributed by atoms with E-state index in [1.807, 2.05) is 12.1 Å². The summed E-state index contributed by atoms with van der Waals surface area (Å²) in [6.45, 7) is 4.29. The van der Waals surface area contributed by atoms with E-state index in [0.717, 1.165) is 29.5 Å². The quantitative estimate of drug-likeness (QED) is 0.673. The Kier molecular flexibility index (Phi) is 3.34. The van der Waals surface area contributed by atoms with Gasteiger partial charge in [-0.2, -0.15) is 0 Å². The van der Waals surface area contributed by atoms with Crippen molar-refractivity contribution in [1.82, 2.24) is 4.98 Å². The number of rotatable bonds is 2.